The second-order valence-corrected chi connectivity index (χ2v) is 5.51. The van der Waals surface area contributed by atoms with Crippen molar-refractivity contribution in [1.82, 2.24) is 5.32 Å². The molecule has 0 saturated carbocycles. The van der Waals surface area contributed by atoms with Gasteiger partial charge in [0.05, 0.1) is 24.7 Å². The normalized spacial score (nSPS) is 22.4. The van der Waals surface area contributed by atoms with Crippen LogP contribution >= 0.6 is 11.6 Å². The molecule has 1 aliphatic heterocycles. The first-order chi connectivity index (χ1) is 9.58. The number of carbonyl (C=O) groups is 1. The lowest BCUT2D eigenvalue weighted by Crippen LogP contribution is -3.13. The van der Waals surface area contributed by atoms with E-state index in [2.05, 4.69) is 17.6 Å². The van der Waals surface area contributed by atoms with E-state index >= 15 is 0 Å². The van der Waals surface area contributed by atoms with E-state index in [9.17, 15) is 9.18 Å². The Morgan fingerprint density at radius 2 is 2.15 bits per heavy atom. The van der Waals surface area contributed by atoms with Crippen LogP contribution in [-0.4, -0.2) is 31.7 Å². The van der Waals surface area contributed by atoms with Crippen LogP contribution in [0.2, 0.25) is 5.02 Å². The van der Waals surface area contributed by atoms with Crippen LogP contribution in [0, 0.1) is 5.82 Å². The predicted octanol–water partition coefficient (Wildman–Crippen LogP) is 1.67. The summed E-state index contributed by atoms with van der Waals surface area (Å²) in [4.78, 5) is 13.4. The van der Waals surface area contributed by atoms with Crippen LogP contribution in [0.15, 0.2) is 18.2 Å². The van der Waals surface area contributed by atoms with Crippen LogP contribution in [0.4, 0.5) is 14.9 Å². The number of hydrogen-bond acceptors (Lipinski definition) is 1. The second kappa shape index (κ2) is 6.90. The Morgan fingerprint density at radius 3 is 2.75 bits per heavy atom. The molecule has 110 valence electrons. The Morgan fingerprint density at radius 1 is 1.45 bits per heavy atom. The molecule has 0 spiro atoms. The van der Waals surface area contributed by atoms with E-state index in [1.807, 2.05) is 0 Å². The lowest BCUT2D eigenvalue weighted by Gasteiger charge is -2.28. The number of urea groups is 1. The highest BCUT2D eigenvalue weighted by Crippen LogP contribution is 2.19. The number of nitrogens with one attached hydrogen (secondary N) is 3. The summed E-state index contributed by atoms with van der Waals surface area (Å²) in [5.41, 5.74) is 0.491. The summed E-state index contributed by atoms with van der Waals surface area (Å²) in [6.45, 7) is 5.48. The Hall–Kier alpha value is -1.33. The average Bonchev–Trinajstić information content (AvgIpc) is 2.44. The van der Waals surface area contributed by atoms with Gasteiger partial charge < -0.3 is 15.5 Å². The summed E-state index contributed by atoms with van der Waals surface area (Å²) in [6.07, 6.45) is 1.97. The van der Waals surface area contributed by atoms with E-state index < -0.39 is 5.82 Å². The number of quaternary nitrogens is 1. The molecule has 1 aromatic rings. The highest BCUT2D eigenvalue weighted by molar-refractivity contribution is 6.31. The fourth-order valence-electron chi connectivity index (χ4n) is 2.45. The number of benzene rings is 1. The molecule has 1 aliphatic rings. The monoisotopic (exact) mass is 300 g/mol. The molecule has 0 radical (unpaired) electrons. The molecular formula is C14H20ClFN3O+. The zero-order chi connectivity index (χ0) is 14.5. The number of anilines is 1. The minimum atomic E-state index is -0.493. The van der Waals surface area contributed by atoms with Crippen LogP contribution in [0.3, 0.4) is 0 Å². The van der Waals surface area contributed by atoms with Crippen molar-refractivity contribution in [2.75, 3.05) is 25.0 Å². The number of halogens is 2. The van der Waals surface area contributed by atoms with E-state index in [-0.39, 0.29) is 17.1 Å². The molecule has 0 bridgehead atoms. The van der Waals surface area contributed by atoms with Gasteiger partial charge in [-0.2, -0.15) is 0 Å². The summed E-state index contributed by atoms with van der Waals surface area (Å²) in [5, 5.41) is 5.62. The van der Waals surface area contributed by atoms with Crippen LogP contribution in [0.1, 0.15) is 19.8 Å². The third-order valence-corrected chi connectivity index (χ3v) is 4.00. The van der Waals surface area contributed by atoms with Gasteiger partial charge in [0.15, 0.2) is 0 Å². The predicted molar refractivity (Wildman–Crippen MR) is 77.8 cm³/mol. The van der Waals surface area contributed by atoms with Crippen molar-refractivity contribution in [3.8, 4) is 0 Å². The van der Waals surface area contributed by atoms with Gasteiger partial charge in [-0.15, -0.1) is 0 Å². The lowest BCUT2D eigenvalue weighted by molar-refractivity contribution is -0.903. The summed E-state index contributed by atoms with van der Waals surface area (Å²) in [6, 6.07) is 4.07. The van der Waals surface area contributed by atoms with Crippen molar-refractivity contribution < 1.29 is 14.1 Å². The third-order valence-electron chi connectivity index (χ3n) is 3.71. The molecule has 1 saturated heterocycles. The standard InChI is InChI=1S/C14H19ClFN3O/c1-2-19-7-5-10(6-8-19)17-14(20)18-11-3-4-13(16)12(15)9-11/h3-4,9-10H,2,5-8H2,1H3,(H2,17,18,20)/p+1. The van der Waals surface area contributed by atoms with Crippen LogP contribution < -0.4 is 15.5 Å². The highest BCUT2D eigenvalue weighted by atomic mass is 35.5. The Labute approximate surface area is 123 Å². The molecule has 20 heavy (non-hydrogen) atoms. The molecule has 1 aromatic carbocycles. The smallest absolute Gasteiger partial charge is 0.319 e. The zero-order valence-corrected chi connectivity index (χ0v) is 12.3. The molecular weight excluding hydrogens is 281 g/mol. The molecule has 2 rings (SSSR count). The van der Waals surface area contributed by atoms with Crippen LogP contribution in [0.25, 0.3) is 0 Å². The Kier molecular flexibility index (Phi) is 5.20. The summed E-state index contributed by atoms with van der Waals surface area (Å²) in [5.74, 6) is -0.493. The number of piperidine rings is 1. The lowest BCUT2D eigenvalue weighted by atomic mass is 10.1. The first-order valence-corrected chi connectivity index (χ1v) is 7.32. The van der Waals surface area contributed by atoms with Gasteiger partial charge in [0.25, 0.3) is 0 Å². The van der Waals surface area contributed by atoms with Gasteiger partial charge in [-0.05, 0) is 25.1 Å². The summed E-state index contributed by atoms with van der Waals surface area (Å²) in [7, 11) is 0. The molecule has 2 amide bonds. The average molecular weight is 301 g/mol. The molecule has 0 atom stereocenters. The summed E-state index contributed by atoms with van der Waals surface area (Å²) < 4.78 is 13.0. The first kappa shape index (κ1) is 15.1. The van der Waals surface area contributed by atoms with Crippen molar-refractivity contribution >= 4 is 23.3 Å². The number of amides is 2. The van der Waals surface area contributed by atoms with E-state index in [1.165, 1.54) is 18.2 Å². The van der Waals surface area contributed by atoms with Gasteiger partial charge in [0, 0.05) is 24.6 Å². The molecule has 0 unspecified atom stereocenters. The topological polar surface area (TPSA) is 45.6 Å². The molecule has 4 nitrogen and oxygen atoms in total. The molecule has 6 heteroatoms. The summed E-state index contributed by atoms with van der Waals surface area (Å²) >= 11 is 5.67. The molecule has 1 heterocycles. The molecule has 0 aromatic heterocycles. The van der Waals surface area contributed by atoms with Crippen molar-refractivity contribution in [2.45, 2.75) is 25.8 Å². The Bertz CT molecular complexity index is 475. The van der Waals surface area contributed by atoms with Crippen molar-refractivity contribution in [1.29, 1.82) is 0 Å². The van der Waals surface area contributed by atoms with Gasteiger partial charge in [-0.1, -0.05) is 11.6 Å². The van der Waals surface area contributed by atoms with Crippen LogP contribution in [-0.2, 0) is 0 Å². The maximum atomic E-state index is 13.0. The van der Waals surface area contributed by atoms with Gasteiger partial charge in [0.1, 0.15) is 5.82 Å². The van der Waals surface area contributed by atoms with Crippen molar-refractivity contribution in [3.63, 3.8) is 0 Å². The van der Waals surface area contributed by atoms with E-state index in [4.69, 9.17) is 11.6 Å². The van der Waals surface area contributed by atoms with E-state index in [0.717, 1.165) is 32.5 Å². The zero-order valence-electron chi connectivity index (χ0n) is 11.5. The molecule has 3 N–H and O–H groups in total. The number of carbonyl (C=O) groups excluding carboxylic acids is 1. The fourth-order valence-corrected chi connectivity index (χ4v) is 2.63. The van der Waals surface area contributed by atoms with E-state index in [1.54, 1.807) is 4.90 Å². The fraction of sp³-hybridized carbons (Fsp3) is 0.500. The second-order valence-electron chi connectivity index (χ2n) is 5.11. The number of likely N-dealkylation sites (tertiary alicyclic amines) is 1. The van der Waals surface area contributed by atoms with Crippen molar-refractivity contribution in [2.24, 2.45) is 0 Å². The van der Waals surface area contributed by atoms with Gasteiger partial charge >= 0.3 is 6.03 Å². The van der Waals surface area contributed by atoms with Gasteiger partial charge in [-0.3, -0.25) is 0 Å². The first-order valence-electron chi connectivity index (χ1n) is 6.94. The largest absolute Gasteiger partial charge is 0.335 e. The van der Waals surface area contributed by atoms with E-state index in [0.29, 0.717) is 5.69 Å². The maximum absolute atomic E-state index is 13.0. The minimum absolute atomic E-state index is 0.00246. The number of rotatable bonds is 3. The van der Waals surface area contributed by atoms with Crippen molar-refractivity contribution in [3.05, 3.63) is 29.0 Å². The van der Waals surface area contributed by atoms with Gasteiger partial charge in [-0.25, -0.2) is 9.18 Å². The quantitative estimate of drug-likeness (QED) is 0.781. The SMILES string of the molecule is CC[NH+]1CCC(NC(=O)Nc2ccc(F)c(Cl)c2)CC1. The third kappa shape index (κ3) is 4.08. The molecule has 0 aliphatic carbocycles. The number of hydrogen-bond donors (Lipinski definition) is 3. The minimum Gasteiger partial charge on any atom is -0.335 e. The van der Waals surface area contributed by atoms with Crippen LogP contribution in [0.5, 0.6) is 0 Å². The highest BCUT2D eigenvalue weighted by Gasteiger charge is 2.22. The molecule has 1 fully saturated rings. The maximum Gasteiger partial charge on any atom is 0.319 e. The Balaban J connectivity index is 1.82. The van der Waals surface area contributed by atoms with Gasteiger partial charge in [0.2, 0.25) is 0 Å².